The molecule has 1 N–H and O–H groups in total. The summed E-state index contributed by atoms with van der Waals surface area (Å²) in [5.74, 6) is 0.679. The van der Waals surface area contributed by atoms with Crippen LogP contribution < -0.4 is 14.2 Å². The van der Waals surface area contributed by atoms with Crippen molar-refractivity contribution in [3.05, 3.63) is 53.8 Å². The molecule has 0 bridgehead atoms. The second-order valence-corrected chi connectivity index (χ2v) is 7.20. The van der Waals surface area contributed by atoms with Crippen LogP contribution in [0.4, 0.5) is 4.39 Å². The number of rotatable bonds is 5. The van der Waals surface area contributed by atoms with Gasteiger partial charge in [0.15, 0.2) is 11.5 Å². The summed E-state index contributed by atoms with van der Waals surface area (Å²) in [5.41, 5.74) is 0.859. The molecule has 7 heteroatoms. The molecule has 0 spiro atoms. The van der Waals surface area contributed by atoms with Crippen LogP contribution in [0.1, 0.15) is 12.0 Å². The van der Waals surface area contributed by atoms with Crippen LogP contribution >= 0.6 is 0 Å². The van der Waals surface area contributed by atoms with E-state index in [-0.39, 0.29) is 17.3 Å². The van der Waals surface area contributed by atoms with Crippen LogP contribution in [0.5, 0.6) is 11.5 Å². The van der Waals surface area contributed by atoms with E-state index in [2.05, 4.69) is 4.72 Å². The van der Waals surface area contributed by atoms with E-state index in [4.69, 9.17) is 9.47 Å². The molecule has 2 aromatic rings. The lowest BCUT2D eigenvalue weighted by atomic mass is 10.1. The third-order valence-electron chi connectivity index (χ3n) is 3.65. The van der Waals surface area contributed by atoms with Gasteiger partial charge < -0.3 is 9.47 Å². The van der Waals surface area contributed by atoms with Crippen LogP contribution in [-0.2, 0) is 16.4 Å². The minimum Gasteiger partial charge on any atom is -0.490 e. The molecule has 24 heavy (non-hydrogen) atoms. The molecule has 128 valence electrons. The highest BCUT2D eigenvalue weighted by Crippen LogP contribution is 2.31. The monoisotopic (exact) mass is 351 g/mol. The molecule has 3 rings (SSSR count). The summed E-state index contributed by atoms with van der Waals surface area (Å²) in [4.78, 5) is 0.130. The van der Waals surface area contributed by atoms with E-state index in [1.807, 2.05) is 0 Å². The van der Waals surface area contributed by atoms with Crippen molar-refractivity contribution in [3.8, 4) is 11.5 Å². The maximum absolute atomic E-state index is 12.9. The summed E-state index contributed by atoms with van der Waals surface area (Å²) >= 11 is 0. The standard InChI is InChI=1S/C17H18FNO4S/c18-14-4-2-13(3-5-14)8-9-19-24(20,21)15-6-7-16-17(12-15)23-11-1-10-22-16/h2-7,12,19H,1,8-11H2. The highest BCUT2D eigenvalue weighted by atomic mass is 32.2. The van der Waals surface area contributed by atoms with E-state index in [0.717, 1.165) is 12.0 Å². The third-order valence-corrected chi connectivity index (χ3v) is 5.11. The summed E-state index contributed by atoms with van der Waals surface area (Å²) < 4.78 is 51.2. The van der Waals surface area contributed by atoms with Gasteiger partial charge in [-0.15, -0.1) is 0 Å². The zero-order valence-electron chi connectivity index (χ0n) is 13.0. The van der Waals surface area contributed by atoms with Crippen LogP contribution in [0, 0.1) is 5.82 Å². The molecule has 1 aliphatic rings. The number of ether oxygens (including phenoxy) is 2. The predicted octanol–water partition coefficient (Wildman–Crippen LogP) is 2.51. The minimum atomic E-state index is -3.64. The van der Waals surface area contributed by atoms with Gasteiger partial charge in [0.25, 0.3) is 0 Å². The summed E-state index contributed by atoms with van der Waals surface area (Å²) in [6.07, 6.45) is 1.23. The second-order valence-electron chi connectivity index (χ2n) is 5.43. The topological polar surface area (TPSA) is 64.6 Å². The predicted molar refractivity (Wildman–Crippen MR) is 87.3 cm³/mol. The van der Waals surface area contributed by atoms with E-state index >= 15 is 0 Å². The number of hydrogen-bond acceptors (Lipinski definition) is 4. The first-order valence-corrected chi connectivity index (χ1v) is 9.17. The molecule has 0 saturated carbocycles. The van der Waals surface area contributed by atoms with Gasteiger partial charge in [-0.25, -0.2) is 17.5 Å². The molecule has 0 fully saturated rings. The fourth-order valence-corrected chi connectivity index (χ4v) is 3.42. The maximum Gasteiger partial charge on any atom is 0.240 e. The van der Waals surface area contributed by atoms with Gasteiger partial charge in [0.2, 0.25) is 10.0 Å². The van der Waals surface area contributed by atoms with E-state index in [1.165, 1.54) is 24.3 Å². The zero-order chi connectivity index (χ0) is 17.0. The first kappa shape index (κ1) is 16.7. The van der Waals surface area contributed by atoms with Crippen LogP contribution in [0.2, 0.25) is 0 Å². The minimum absolute atomic E-state index is 0.130. The molecule has 0 saturated heterocycles. The molecule has 5 nitrogen and oxygen atoms in total. The van der Waals surface area contributed by atoms with Crippen molar-refractivity contribution in [1.82, 2.24) is 4.72 Å². The summed E-state index contributed by atoms with van der Waals surface area (Å²) in [5, 5.41) is 0. The molecule has 0 aliphatic carbocycles. The molecule has 1 heterocycles. The van der Waals surface area contributed by atoms with E-state index < -0.39 is 10.0 Å². The third kappa shape index (κ3) is 4.04. The fourth-order valence-electron chi connectivity index (χ4n) is 2.37. The summed E-state index contributed by atoms with van der Waals surface area (Å²) in [7, 11) is -3.64. The van der Waals surface area contributed by atoms with Crippen LogP contribution in [-0.4, -0.2) is 28.2 Å². The van der Waals surface area contributed by atoms with Crippen molar-refractivity contribution in [2.24, 2.45) is 0 Å². The Morgan fingerprint density at radius 2 is 1.71 bits per heavy atom. The van der Waals surface area contributed by atoms with Crippen molar-refractivity contribution in [3.63, 3.8) is 0 Å². The molecule has 0 unspecified atom stereocenters. The quantitative estimate of drug-likeness (QED) is 0.899. The van der Waals surface area contributed by atoms with Crippen molar-refractivity contribution in [2.75, 3.05) is 19.8 Å². The van der Waals surface area contributed by atoms with Gasteiger partial charge in [0.1, 0.15) is 5.82 Å². The zero-order valence-corrected chi connectivity index (χ0v) is 13.8. The van der Waals surface area contributed by atoms with Gasteiger partial charge in [-0.2, -0.15) is 0 Å². The Morgan fingerprint density at radius 3 is 2.46 bits per heavy atom. The largest absolute Gasteiger partial charge is 0.490 e. The lowest BCUT2D eigenvalue weighted by Crippen LogP contribution is -2.26. The van der Waals surface area contributed by atoms with E-state index in [0.29, 0.717) is 31.1 Å². The van der Waals surface area contributed by atoms with Gasteiger partial charge in [0.05, 0.1) is 18.1 Å². The van der Waals surface area contributed by atoms with Crippen LogP contribution in [0.3, 0.4) is 0 Å². The number of sulfonamides is 1. The molecule has 0 atom stereocenters. The Labute approximate surface area is 140 Å². The van der Waals surface area contributed by atoms with E-state index in [9.17, 15) is 12.8 Å². The summed E-state index contributed by atoms with van der Waals surface area (Å²) in [6.45, 7) is 1.27. The fraction of sp³-hybridized carbons (Fsp3) is 0.294. The van der Waals surface area contributed by atoms with Gasteiger partial charge in [0, 0.05) is 19.0 Å². The highest BCUT2D eigenvalue weighted by Gasteiger charge is 2.18. The Morgan fingerprint density at radius 1 is 1.00 bits per heavy atom. The average molecular weight is 351 g/mol. The van der Waals surface area contributed by atoms with Crippen LogP contribution in [0.15, 0.2) is 47.4 Å². The van der Waals surface area contributed by atoms with Crippen LogP contribution in [0.25, 0.3) is 0 Å². The lowest BCUT2D eigenvalue weighted by molar-refractivity contribution is 0.297. The maximum atomic E-state index is 12.9. The average Bonchev–Trinajstić information content (AvgIpc) is 2.81. The lowest BCUT2D eigenvalue weighted by Gasteiger charge is -2.11. The Hall–Kier alpha value is -2.12. The molecule has 0 aromatic heterocycles. The van der Waals surface area contributed by atoms with Gasteiger partial charge in [-0.05, 0) is 36.2 Å². The number of hydrogen-bond donors (Lipinski definition) is 1. The number of benzene rings is 2. The molecule has 1 aliphatic heterocycles. The highest BCUT2D eigenvalue weighted by molar-refractivity contribution is 7.89. The Kier molecular flexibility index (Phi) is 5.01. The molecular formula is C17H18FNO4S. The smallest absolute Gasteiger partial charge is 0.240 e. The van der Waals surface area contributed by atoms with Gasteiger partial charge in [-0.1, -0.05) is 12.1 Å². The number of nitrogens with one attached hydrogen (secondary N) is 1. The normalized spacial score (nSPS) is 14.2. The second kappa shape index (κ2) is 7.19. The first-order valence-electron chi connectivity index (χ1n) is 7.68. The molecule has 0 amide bonds. The number of halogens is 1. The Balaban J connectivity index is 1.66. The SMILES string of the molecule is O=S(=O)(NCCc1ccc(F)cc1)c1ccc2c(c1)OCCCO2. The first-order chi connectivity index (χ1) is 11.5. The van der Waals surface area contributed by atoms with Crippen molar-refractivity contribution < 1.29 is 22.3 Å². The van der Waals surface area contributed by atoms with Gasteiger partial charge >= 0.3 is 0 Å². The van der Waals surface area contributed by atoms with Crippen molar-refractivity contribution >= 4 is 10.0 Å². The van der Waals surface area contributed by atoms with Crippen molar-refractivity contribution in [2.45, 2.75) is 17.7 Å². The number of fused-ring (bicyclic) bond motifs is 1. The molecule has 2 aromatic carbocycles. The molecule has 0 radical (unpaired) electrons. The van der Waals surface area contributed by atoms with E-state index in [1.54, 1.807) is 18.2 Å². The van der Waals surface area contributed by atoms with Crippen molar-refractivity contribution in [1.29, 1.82) is 0 Å². The molecular weight excluding hydrogens is 333 g/mol. The van der Waals surface area contributed by atoms with Gasteiger partial charge in [-0.3, -0.25) is 0 Å². The Bertz CT molecular complexity index is 806. The summed E-state index contributed by atoms with van der Waals surface area (Å²) in [6, 6.07) is 10.6.